The summed E-state index contributed by atoms with van der Waals surface area (Å²) in [5.41, 5.74) is 1.83. The predicted molar refractivity (Wildman–Crippen MR) is 169 cm³/mol. The molecule has 0 radical (unpaired) electrons. The van der Waals surface area contributed by atoms with Crippen LogP contribution in [-0.2, 0) is 16.0 Å². The summed E-state index contributed by atoms with van der Waals surface area (Å²) in [6.45, 7) is 9.02. The molecule has 1 aromatic heterocycles. The summed E-state index contributed by atoms with van der Waals surface area (Å²) in [6, 6.07) is 15.9. The number of nitrogens with zero attached hydrogens (tertiary/aromatic N) is 4. The molecule has 0 aliphatic heterocycles. The zero-order valence-corrected chi connectivity index (χ0v) is 27.3. The van der Waals surface area contributed by atoms with Crippen molar-refractivity contribution in [3.8, 4) is 17.4 Å². The molecule has 3 aromatic rings. The minimum Gasteiger partial charge on any atom is -0.497 e. The average Bonchev–Trinajstić information content (AvgIpc) is 3.41. The number of hydrogen-bond donors (Lipinski definition) is 0. The third kappa shape index (κ3) is 9.86. The van der Waals surface area contributed by atoms with Crippen molar-refractivity contribution in [2.45, 2.75) is 84.0 Å². The average molecular weight is 623 g/mol. The second-order valence-corrected chi connectivity index (χ2v) is 12.2. The highest BCUT2D eigenvalue weighted by atomic mass is 16.6. The summed E-state index contributed by atoms with van der Waals surface area (Å²) in [7, 11) is 3.36. The molecular formula is C34H46N4O7. The van der Waals surface area contributed by atoms with Crippen molar-refractivity contribution in [3.05, 3.63) is 65.4 Å². The molecule has 0 saturated heterocycles. The molecule has 1 fully saturated rings. The standard InChI is InChI=1S/C34H46N4O7/c1-7-42-32(39)30-31(38(36-35-30)23-24-9-15-27(41-6)16-10-24)44-29-19-13-26(14-20-29)25-11-17-28(18-12-25)43-22-8-21-37(5)33(40)45-34(2,3)4/h9-12,15-18,26,29H,7-8,13-14,19-23H2,1-6H3/t26-,29-. The van der Waals surface area contributed by atoms with Gasteiger partial charge in [-0.2, -0.15) is 0 Å². The summed E-state index contributed by atoms with van der Waals surface area (Å²) in [5.74, 6) is 1.78. The van der Waals surface area contributed by atoms with Gasteiger partial charge in [0.2, 0.25) is 11.6 Å². The van der Waals surface area contributed by atoms with Crippen molar-refractivity contribution >= 4 is 12.1 Å². The first kappa shape index (κ1) is 33.6. The molecule has 11 nitrogen and oxygen atoms in total. The zero-order chi connectivity index (χ0) is 32.4. The minimum absolute atomic E-state index is 0.0658. The van der Waals surface area contributed by atoms with Crippen LogP contribution in [0.3, 0.4) is 0 Å². The van der Waals surface area contributed by atoms with Gasteiger partial charge >= 0.3 is 12.1 Å². The fourth-order valence-electron chi connectivity index (χ4n) is 5.19. The smallest absolute Gasteiger partial charge is 0.410 e. The van der Waals surface area contributed by atoms with Crippen molar-refractivity contribution in [2.24, 2.45) is 0 Å². The van der Waals surface area contributed by atoms with E-state index in [4.69, 9.17) is 23.7 Å². The highest BCUT2D eigenvalue weighted by Gasteiger charge is 2.29. The van der Waals surface area contributed by atoms with Crippen LogP contribution in [0, 0.1) is 0 Å². The van der Waals surface area contributed by atoms with Crippen LogP contribution in [0.4, 0.5) is 4.79 Å². The molecule has 45 heavy (non-hydrogen) atoms. The topological polar surface area (TPSA) is 114 Å². The summed E-state index contributed by atoms with van der Waals surface area (Å²) >= 11 is 0. The first-order valence-electron chi connectivity index (χ1n) is 15.6. The molecule has 0 atom stereocenters. The summed E-state index contributed by atoms with van der Waals surface area (Å²) in [5, 5.41) is 8.33. The number of rotatable bonds is 13. The van der Waals surface area contributed by atoms with E-state index in [1.165, 1.54) is 5.56 Å². The van der Waals surface area contributed by atoms with Crippen LogP contribution in [0.1, 0.15) is 87.3 Å². The van der Waals surface area contributed by atoms with Gasteiger partial charge in [0.1, 0.15) is 23.2 Å². The number of carbonyl (C=O) groups is 2. The molecule has 1 saturated carbocycles. The Morgan fingerprint density at radius 3 is 2.27 bits per heavy atom. The van der Waals surface area contributed by atoms with Gasteiger partial charge in [0.25, 0.3) is 0 Å². The van der Waals surface area contributed by atoms with Crippen molar-refractivity contribution in [1.29, 1.82) is 0 Å². The maximum absolute atomic E-state index is 12.6. The Bertz CT molecular complexity index is 1380. The predicted octanol–water partition coefficient (Wildman–Crippen LogP) is 6.25. The van der Waals surface area contributed by atoms with E-state index in [-0.39, 0.29) is 24.5 Å². The quantitative estimate of drug-likeness (QED) is 0.161. The van der Waals surface area contributed by atoms with E-state index in [9.17, 15) is 9.59 Å². The highest BCUT2D eigenvalue weighted by Crippen LogP contribution is 2.36. The van der Waals surface area contributed by atoms with Crippen molar-refractivity contribution < 1.29 is 33.3 Å². The molecular weight excluding hydrogens is 576 g/mol. The summed E-state index contributed by atoms with van der Waals surface area (Å²) in [4.78, 5) is 26.3. The molecule has 0 bridgehead atoms. The van der Waals surface area contributed by atoms with Crippen LogP contribution >= 0.6 is 0 Å². The van der Waals surface area contributed by atoms with E-state index < -0.39 is 11.6 Å². The van der Waals surface area contributed by atoms with Gasteiger partial charge in [0, 0.05) is 13.6 Å². The van der Waals surface area contributed by atoms with E-state index in [2.05, 4.69) is 22.4 Å². The normalized spacial score (nSPS) is 16.5. The molecule has 1 heterocycles. The number of hydrogen-bond acceptors (Lipinski definition) is 9. The minimum atomic E-state index is -0.542. The number of esters is 1. The molecule has 2 aromatic carbocycles. The number of ether oxygens (including phenoxy) is 5. The van der Waals surface area contributed by atoms with Gasteiger partial charge < -0.3 is 28.6 Å². The molecule has 1 amide bonds. The van der Waals surface area contributed by atoms with Crippen LogP contribution in [0.2, 0.25) is 0 Å². The third-order valence-corrected chi connectivity index (χ3v) is 7.57. The monoisotopic (exact) mass is 622 g/mol. The van der Waals surface area contributed by atoms with Crippen LogP contribution in [0.25, 0.3) is 0 Å². The lowest BCUT2D eigenvalue weighted by Crippen LogP contribution is -2.35. The number of carbonyl (C=O) groups excluding carboxylic acids is 2. The Balaban J connectivity index is 1.28. The van der Waals surface area contributed by atoms with E-state index in [0.717, 1.165) is 42.7 Å². The van der Waals surface area contributed by atoms with Crippen LogP contribution in [0.15, 0.2) is 48.5 Å². The van der Waals surface area contributed by atoms with Crippen LogP contribution < -0.4 is 14.2 Å². The maximum Gasteiger partial charge on any atom is 0.410 e. The van der Waals surface area contributed by atoms with Crippen molar-refractivity contribution in [2.75, 3.05) is 33.9 Å². The lowest BCUT2D eigenvalue weighted by atomic mass is 9.83. The van der Waals surface area contributed by atoms with Gasteiger partial charge in [-0.1, -0.05) is 29.5 Å². The number of methoxy groups -OCH3 is 1. The van der Waals surface area contributed by atoms with Gasteiger partial charge in [0.15, 0.2) is 0 Å². The van der Waals surface area contributed by atoms with Crippen molar-refractivity contribution in [1.82, 2.24) is 19.9 Å². The number of amides is 1. The van der Waals surface area contributed by atoms with Crippen LogP contribution in [0.5, 0.6) is 17.4 Å². The van der Waals surface area contributed by atoms with Gasteiger partial charge in [-0.15, -0.1) is 5.10 Å². The molecule has 0 unspecified atom stereocenters. The van der Waals surface area contributed by atoms with E-state index in [1.54, 1.807) is 30.7 Å². The molecule has 1 aliphatic carbocycles. The second kappa shape index (κ2) is 15.6. The largest absolute Gasteiger partial charge is 0.497 e. The SMILES string of the molecule is CCOC(=O)c1nnn(Cc2ccc(OC)cc2)c1O[C@H]1CC[C@H](c2ccc(OCCCN(C)C(=O)OC(C)(C)C)cc2)CC1. The lowest BCUT2D eigenvalue weighted by molar-refractivity contribution is 0.0291. The molecule has 244 valence electrons. The molecule has 4 rings (SSSR count). The third-order valence-electron chi connectivity index (χ3n) is 7.57. The van der Waals surface area contributed by atoms with Crippen molar-refractivity contribution in [3.63, 3.8) is 0 Å². The zero-order valence-electron chi connectivity index (χ0n) is 27.3. The lowest BCUT2D eigenvalue weighted by Gasteiger charge is -2.29. The fourth-order valence-corrected chi connectivity index (χ4v) is 5.19. The fraction of sp³-hybridized carbons (Fsp3) is 0.529. The second-order valence-electron chi connectivity index (χ2n) is 12.2. The Kier molecular flexibility index (Phi) is 11.7. The number of aromatic nitrogens is 3. The maximum atomic E-state index is 12.6. The highest BCUT2D eigenvalue weighted by molar-refractivity contribution is 5.89. The summed E-state index contributed by atoms with van der Waals surface area (Å²) < 4.78 is 29.8. The first-order valence-corrected chi connectivity index (χ1v) is 15.6. The Morgan fingerprint density at radius 1 is 0.978 bits per heavy atom. The summed E-state index contributed by atoms with van der Waals surface area (Å²) in [6.07, 6.45) is 3.89. The van der Waals surface area contributed by atoms with Gasteiger partial charge in [-0.3, -0.25) is 0 Å². The molecule has 11 heteroatoms. The number of benzene rings is 2. The van der Waals surface area contributed by atoms with E-state index in [0.29, 0.717) is 37.9 Å². The first-order chi connectivity index (χ1) is 21.6. The molecule has 0 spiro atoms. The Labute approximate surface area is 265 Å². The van der Waals surface area contributed by atoms with E-state index in [1.807, 2.05) is 57.2 Å². The molecule has 1 aliphatic rings. The van der Waals surface area contributed by atoms with Gasteiger partial charge in [-0.25, -0.2) is 14.3 Å². The molecule has 0 N–H and O–H groups in total. The van der Waals surface area contributed by atoms with E-state index >= 15 is 0 Å². The van der Waals surface area contributed by atoms with Gasteiger partial charge in [-0.05, 0) is 101 Å². The van der Waals surface area contributed by atoms with Crippen LogP contribution in [-0.4, -0.2) is 77.6 Å². The Morgan fingerprint density at radius 2 is 1.64 bits per heavy atom. The van der Waals surface area contributed by atoms with Gasteiger partial charge in [0.05, 0.1) is 26.9 Å². The Hall–Kier alpha value is -4.28.